The van der Waals surface area contributed by atoms with E-state index in [-0.39, 0.29) is 10.4 Å². The van der Waals surface area contributed by atoms with E-state index in [9.17, 15) is 4.79 Å². The smallest absolute Gasteiger partial charge is 0.279 e. The quantitative estimate of drug-likeness (QED) is 0.630. The molecule has 0 radical (unpaired) electrons. The largest absolute Gasteiger partial charge is 0.335 e. The van der Waals surface area contributed by atoms with Gasteiger partial charge in [0.25, 0.3) is 5.56 Å². The van der Waals surface area contributed by atoms with Crippen LogP contribution in [-0.4, -0.2) is 9.66 Å². The van der Waals surface area contributed by atoms with Crippen LogP contribution in [0.4, 0.5) is 0 Å². The summed E-state index contributed by atoms with van der Waals surface area (Å²) in [5, 5.41) is 0.539. The van der Waals surface area contributed by atoms with Crippen molar-refractivity contribution in [2.24, 2.45) is 0 Å². The molecule has 0 spiro atoms. The van der Waals surface area contributed by atoms with Crippen LogP contribution in [-0.2, 0) is 0 Å². The standard InChI is InChI=1S/C10H10BrN3O/c1-6(11)9-13-8-5-3-2-4-7(8)10(15)14(9)12/h2-6H,12H2,1H3. The number of para-hydroxylation sites is 1. The number of halogens is 1. The van der Waals surface area contributed by atoms with Gasteiger partial charge < -0.3 is 5.84 Å². The van der Waals surface area contributed by atoms with E-state index in [1.165, 1.54) is 0 Å². The van der Waals surface area contributed by atoms with Crippen molar-refractivity contribution in [3.05, 3.63) is 40.4 Å². The molecule has 0 saturated carbocycles. The van der Waals surface area contributed by atoms with Crippen LogP contribution in [0.1, 0.15) is 17.6 Å². The average Bonchev–Trinajstić information content (AvgIpc) is 2.23. The van der Waals surface area contributed by atoms with Crippen molar-refractivity contribution in [3.63, 3.8) is 0 Å². The Hall–Kier alpha value is -1.36. The highest BCUT2D eigenvalue weighted by atomic mass is 79.9. The van der Waals surface area contributed by atoms with Crippen LogP contribution >= 0.6 is 15.9 Å². The molecule has 0 bridgehead atoms. The minimum absolute atomic E-state index is 0.0557. The summed E-state index contributed by atoms with van der Waals surface area (Å²) in [7, 11) is 0. The molecule has 5 heteroatoms. The maximum absolute atomic E-state index is 11.8. The van der Waals surface area contributed by atoms with Gasteiger partial charge in [0, 0.05) is 0 Å². The minimum atomic E-state index is -0.220. The maximum Gasteiger partial charge on any atom is 0.279 e. The molecular weight excluding hydrogens is 258 g/mol. The van der Waals surface area contributed by atoms with Crippen LogP contribution < -0.4 is 11.4 Å². The molecule has 1 aromatic carbocycles. The molecule has 0 aliphatic carbocycles. The monoisotopic (exact) mass is 267 g/mol. The summed E-state index contributed by atoms with van der Waals surface area (Å²) in [5.74, 6) is 6.19. The van der Waals surface area contributed by atoms with E-state index in [1.807, 2.05) is 13.0 Å². The Morgan fingerprint density at radius 3 is 2.80 bits per heavy atom. The third-order valence-corrected chi connectivity index (χ3v) is 2.60. The van der Waals surface area contributed by atoms with Gasteiger partial charge in [-0.2, -0.15) is 0 Å². The van der Waals surface area contributed by atoms with Crippen LogP contribution in [0.5, 0.6) is 0 Å². The topological polar surface area (TPSA) is 60.9 Å². The molecule has 1 atom stereocenters. The molecule has 1 aromatic heterocycles. The highest BCUT2D eigenvalue weighted by Crippen LogP contribution is 2.18. The van der Waals surface area contributed by atoms with E-state index in [0.29, 0.717) is 16.7 Å². The van der Waals surface area contributed by atoms with E-state index < -0.39 is 0 Å². The summed E-state index contributed by atoms with van der Waals surface area (Å²) in [4.78, 5) is 16.1. The van der Waals surface area contributed by atoms with E-state index in [2.05, 4.69) is 20.9 Å². The number of nitrogen functional groups attached to an aromatic ring is 1. The summed E-state index contributed by atoms with van der Waals surface area (Å²) in [6.07, 6.45) is 0. The number of aromatic nitrogens is 2. The summed E-state index contributed by atoms with van der Waals surface area (Å²) >= 11 is 3.35. The zero-order chi connectivity index (χ0) is 11.0. The van der Waals surface area contributed by atoms with Gasteiger partial charge in [-0.1, -0.05) is 28.1 Å². The summed E-state index contributed by atoms with van der Waals surface area (Å²) in [6.45, 7) is 1.87. The molecule has 4 nitrogen and oxygen atoms in total. The zero-order valence-corrected chi connectivity index (χ0v) is 9.73. The molecule has 15 heavy (non-hydrogen) atoms. The number of hydrogen-bond donors (Lipinski definition) is 1. The van der Waals surface area contributed by atoms with Gasteiger partial charge in [-0.05, 0) is 19.1 Å². The number of alkyl halides is 1. The van der Waals surface area contributed by atoms with Gasteiger partial charge in [0.05, 0.1) is 15.7 Å². The first-order chi connectivity index (χ1) is 7.11. The van der Waals surface area contributed by atoms with Crippen molar-refractivity contribution < 1.29 is 0 Å². The molecule has 0 amide bonds. The number of fused-ring (bicyclic) bond motifs is 1. The molecule has 0 aliphatic heterocycles. The van der Waals surface area contributed by atoms with E-state index in [4.69, 9.17) is 5.84 Å². The van der Waals surface area contributed by atoms with Gasteiger partial charge in [-0.15, -0.1) is 0 Å². The average molecular weight is 268 g/mol. The van der Waals surface area contributed by atoms with Crippen LogP contribution in [0.15, 0.2) is 29.1 Å². The lowest BCUT2D eigenvalue weighted by Gasteiger charge is -2.09. The Bertz CT molecular complexity index is 562. The second kappa shape index (κ2) is 3.66. The first-order valence-electron chi connectivity index (χ1n) is 4.52. The lowest BCUT2D eigenvalue weighted by molar-refractivity contribution is 0.796. The molecule has 2 rings (SSSR count). The fourth-order valence-electron chi connectivity index (χ4n) is 1.44. The molecule has 0 saturated heterocycles. The summed E-state index contributed by atoms with van der Waals surface area (Å²) < 4.78 is 1.09. The lowest BCUT2D eigenvalue weighted by atomic mass is 10.2. The normalized spacial score (nSPS) is 12.9. The van der Waals surface area contributed by atoms with Crippen molar-refractivity contribution in [1.82, 2.24) is 9.66 Å². The van der Waals surface area contributed by atoms with E-state index in [1.54, 1.807) is 18.2 Å². The highest BCUT2D eigenvalue weighted by molar-refractivity contribution is 9.09. The molecule has 1 unspecified atom stereocenters. The van der Waals surface area contributed by atoms with Crippen LogP contribution in [0, 0.1) is 0 Å². The highest BCUT2D eigenvalue weighted by Gasteiger charge is 2.11. The van der Waals surface area contributed by atoms with Crippen molar-refractivity contribution in [3.8, 4) is 0 Å². The lowest BCUT2D eigenvalue weighted by Crippen LogP contribution is -2.31. The Kier molecular flexibility index (Phi) is 2.48. The third kappa shape index (κ3) is 1.63. The fraction of sp³-hybridized carbons (Fsp3) is 0.200. The van der Waals surface area contributed by atoms with Crippen LogP contribution in [0.3, 0.4) is 0 Å². The Labute approximate surface area is 94.8 Å². The first kappa shape index (κ1) is 10.2. The molecule has 78 valence electrons. The van der Waals surface area contributed by atoms with Crippen molar-refractivity contribution in [2.75, 3.05) is 5.84 Å². The molecular formula is C10H10BrN3O. The molecule has 0 aliphatic rings. The van der Waals surface area contributed by atoms with Gasteiger partial charge in [0.15, 0.2) is 0 Å². The second-order valence-corrected chi connectivity index (χ2v) is 4.65. The van der Waals surface area contributed by atoms with E-state index >= 15 is 0 Å². The Morgan fingerprint density at radius 2 is 2.13 bits per heavy atom. The predicted octanol–water partition coefficient (Wildman–Crippen LogP) is 1.57. The molecule has 1 heterocycles. The van der Waals surface area contributed by atoms with Gasteiger partial charge in [-0.3, -0.25) is 4.79 Å². The van der Waals surface area contributed by atoms with Gasteiger partial charge in [-0.25, -0.2) is 9.66 Å². The minimum Gasteiger partial charge on any atom is -0.335 e. The van der Waals surface area contributed by atoms with Crippen molar-refractivity contribution >= 4 is 26.8 Å². The molecule has 0 fully saturated rings. The van der Waals surface area contributed by atoms with E-state index in [0.717, 1.165) is 4.68 Å². The van der Waals surface area contributed by atoms with Gasteiger partial charge in [0.2, 0.25) is 0 Å². The van der Waals surface area contributed by atoms with Crippen molar-refractivity contribution in [2.45, 2.75) is 11.8 Å². The number of nitrogens with two attached hydrogens (primary N) is 1. The number of rotatable bonds is 1. The molecule has 2 N–H and O–H groups in total. The number of benzene rings is 1. The van der Waals surface area contributed by atoms with Crippen molar-refractivity contribution in [1.29, 1.82) is 0 Å². The third-order valence-electron chi connectivity index (χ3n) is 2.19. The maximum atomic E-state index is 11.8. The van der Waals surface area contributed by atoms with Gasteiger partial charge >= 0.3 is 0 Å². The number of nitrogens with zero attached hydrogens (tertiary/aromatic N) is 2. The predicted molar refractivity (Wildman–Crippen MR) is 63.5 cm³/mol. The summed E-state index contributed by atoms with van der Waals surface area (Å²) in [5.41, 5.74) is 0.451. The number of hydrogen-bond acceptors (Lipinski definition) is 3. The molecule has 2 aromatic rings. The fourth-order valence-corrected chi connectivity index (χ4v) is 1.77. The van der Waals surface area contributed by atoms with Crippen LogP contribution in [0.25, 0.3) is 10.9 Å². The SMILES string of the molecule is CC(Br)c1nc2ccccc2c(=O)n1N. The second-order valence-electron chi connectivity index (χ2n) is 3.28. The first-order valence-corrected chi connectivity index (χ1v) is 5.43. The van der Waals surface area contributed by atoms with Crippen LogP contribution in [0.2, 0.25) is 0 Å². The van der Waals surface area contributed by atoms with Gasteiger partial charge in [0.1, 0.15) is 5.82 Å². The summed E-state index contributed by atoms with van der Waals surface area (Å²) in [6, 6.07) is 7.16. The Balaban J connectivity index is 2.89. The Morgan fingerprint density at radius 1 is 1.47 bits per heavy atom. The zero-order valence-electron chi connectivity index (χ0n) is 8.14.